The Bertz CT molecular complexity index is 1030. The molecule has 0 aromatic heterocycles. The summed E-state index contributed by atoms with van der Waals surface area (Å²) in [6.45, 7) is 6.63. The number of hydrogen-bond acceptors (Lipinski definition) is 1. The third-order valence-electron chi connectivity index (χ3n) is 6.72. The summed E-state index contributed by atoms with van der Waals surface area (Å²) < 4.78 is 0. The minimum absolute atomic E-state index is 0.339. The molecular formula is C29H32O. The number of carbonyl (C=O) groups is 1. The van der Waals surface area contributed by atoms with Crippen LogP contribution in [0.1, 0.15) is 61.8 Å². The van der Waals surface area contributed by atoms with Gasteiger partial charge >= 0.3 is 0 Å². The van der Waals surface area contributed by atoms with Crippen LogP contribution < -0.4 is 0 Å². The first-order valence-corrected chi connectivity index (χ1v) is 11.3. The predicted molar refractivity (Wildman–Crippen MR) is 126 cm³/mol. The number of fused-ring (bicyclic) bond motifs is 1. The molecule has 1 nitrogen and oxygen atoms in total. The standard InChI is InChI=1S/C29H32O/c1-4-27-23(15-16-26(30)18-22-11-9-20(2)10-12-22)13-14-25(27)19-29-21(3)17-24-7-5-6-8-28(24)29/h5-14,27H,4,15-19H2,1-3H3. The maximum atomic E-state index is 12.5. The molecule has 1 atom stereocenters. The fourth-order valence-electron chi connectivity index (χ4n) is 5.00. The van der Waals surface area contributed by atoms with E-state index in [1.54, 1.807) is 0 Å². The van der Waals surface area contributed by atoms with Crippen LogP contribution in [0.2, 0.25) is 0 Å². The molecule has 154 valence electrons. The normalized spacial score (nSPS) is 17.8. The van der Waals surface area contributed by atoms with E-state index in [9.17, 15) is 4.79 Å². The molecule has 2 aromatic carbocycles. The van der Waals surface area contributed by atoms with Gasteiger partial charge in [0.2, 0.25) is 0 Å². The Labute approximate surface area is 181 Å². The van der Waals surface area contributed by atoms with Crippen molar-refractivity contribution in [3.63, 3.8) is 0 Å². The van der Waals surface area contributed by atoms with E-state index in [4.69, 9.17) is 0 Å². The van der Waals surface area contributed by atoms with Crippen molar-refractivity contribution in [1.82, 2.24) is 0 Å². The Hall–Kier alpha value is -2.67. The molecule has 0 radical (unpaired) electrons. The average Bonchev–Trinajstić information content (AvgIpc) is 3.28. The molecule has 1 heteroatoms. The van der Waals surface area contributed by atoms with Gasteiger partial charge in [0, 0.05) is 18.8 Å². The van der Waals surface area contributed by atoms with Gasteiger partial charge in [-0.15, -0.1) is 0 Å². The van der Waals surface area contributed by atoms with Crippen molar-refractivity contribution in [2.45, 2.75) is 59.3 Å². The van der Waals surface area contributed by atoms with E-state index in [1.165, 1.54) is 39.0 Å². The van der Waals surface area contributed by atoms with Crippen LogP contribution in [0.3, 0.4) is 0 Å². The summed E-state index contributed by atoms with van der Waals surface area (Å²) in [6.07, 6.45) is 9.93. The van der Waals surface area contributed by atoms with Crippen molar-refractivity contribution >= 4 is 11.4 Å². The zero-order chi connectivity index (χ0) is 21.1. The first-order valence-electron chi connectivity index (χ1n) is 11.3. The highest BCUT2D eigenvalue weighted by molar-refractivity contribution is 5.81. The molecule has 0 N–H and O–H groups in total. The second-order valence-corrected chi connectivity index (χ2v) is 8.91. The summed E-state index contributed by atoms with van der Waals surface area (Å²) in [5.41, 5.74) is 11.2. The monoisotopic (exact) mass is 396 g/mol. The molecule has 0 bridgehead atoms. The third kappa shape index (κ3) is 4.41. The fraction of sp³-hybridized carbons (Fsp3) is 0.345. The third-order valence-corrected chi connectivity index (χ3v) is 6.72. The number of hydrogen-bond donors (Lipinski definition) is 0. The largest absolute Gasteiger partial charge is 0.299 e. The van der Waals surface area contributed by atoms with Crippen LogP contribution in [0.25, 0.3) is 5.57 Å². The average molecular weight is 397 g/mol. The van der Waals surface area contributed by atoms with Gasteiger partial charge in [0.15, 0.2) is 0 Å². The summed E-state index contributed by atoms with van der Waals surface area (Å²) in [4.78, 5) is 12.5. The molecule has 1 unspecified atom stereocenters. The molecule has 30 heavy (non-hydrogen) atoms. The second kappa shape index (κ2) is 9.00. The van der Waals surface area contributed by atoms with E-state index >= 15 is 0 Å². The van der Waals surface area contributed by atoms with E-state index in [2.05, 4.69) is 81.5 Å². The first kappa shape index (κ1) is 20.6. The highest BCUT2D eigenvalue weighted by Crippen LogP contribution is 2.42. The van der Waals surface area contributed by atoms with Crippen LogP contribution in [-0.2, 0) is 17.6 Å². The maximum absolute atomic E-state index is 12.5. The Morgan fingerprint density at radius 2 is 1.70 bits per heavy atom. The zero-order valence-electron chi connectivity index (χ0n) is 18.5. The summed E-state index contributed by atoms with van der Waals surface area (Å²) >= 11 is 0. The molecule has 2 aliphatic rings. The summed E-state index contributed by atoms with van der Waals surface area (Å²) in [5, 5.41) is 0. The second-order valence-electron chi connectivity index (χ2n) is 8.91. The number of carbonyl (C=O) groups excluding carboxylic acids is 1. The van der Waals surface area contributed by atoms with Gasteiger partial charge in [-0.3, -0.25) is 4.79 Å². The van der Waals surface area contributed by atoms with Gasteiger partial charge in [0.05, 0.1) is 0 Å². The van der Waals surface area contributed by atoms with E-state index in [0.29, 0.717) is 24.5 Å². The van der Waals surface area contributed by atoms with Gasteiger partial charge in [-0.25, -0.2) is 0 Å². The van der Waals surface area contributed by atoms with Gasteiger partial charge in [-0.2, -0.15) is 0 Å². The van der Waals surface area contributed by atoms with Crippen molar-refractivity contribution in [2.24, 2.45) is 5.92 Å². The van der Waals surface area contributed by atoms with Crippen LogP contribution in [0.5, 0.6) is 0 Å². The molecule has 0 amide bonds. The van der Waals surface area contributed by atoms with Gasteiger partial charge in [0.1, 0.15) is 5.78 Å². The molecule has 4 rings (SSSR count). The van der Waals surface area contributed by atoms with Crippen LogP contribution in [0.15, 0.2) is 77.4 Å². The number of aryl methyl sites for hydroxylation is 1. The van der Waals surface area contributed by atoms with Crippen molar-refractivity contribution in [1.29, 1.82) is 0 Å². The van der Waals surface area contributed by atoms with Crippen LogP contribution in [0, 0.1) is 12.8 Å². The Balaban J connectivity index is 1.35. The highest BCUT2D eigenvalue weighted by atomic mass is 16.1. The molecule has 0 saturated heterocycles. The molecule has 0 saturated carbocycles. The number of rotatable bonds is 8. The number of allylic oxidation sites excluding steroid dienone is 6. The fourth-order valence-corrected chi connectivity index (χ4v) is 5.00. The lowest BCUT2D eigenvalue weighted by molar-refractivity contribution is -0.118. The number of Topliss-reactive ketones (excluding diaryl/α,β-unsaturated/α-hetero) is 1. The van der Waals surface area contributed by atoms with Crippen molar-refractivity contribution in [3.05, 3.63) is 99.7 Å². The Morgan fingerprint density at radius 1 is 0.967 bits per heavy atom. The molecule has 0 heterocycles. The topological polar surface area (TPSA) is 17.1 Å². The quantitative estimate of drug-likeness (QED) is 0.461. The van der Waals surface area contributed by atoms with Crippen molar-refractivity contribution in [3.8, 4) is 0 Å². The molecule has 2 aliphatic carbocycles. The van der Waals surface area contributed by atoms with E-state index in [-0.39, 0.29) is 0 Å². The maximum Gasteiger partial charge on any atom is 0.137 e. The molecule has 0 fully saturated rings. The summed E-state index contributed by atoms with van der Waals surface area (Å²) in [6, 6.07) is 17.2. The van der Waals surface area contributed by atoms with Gasteiger partial charge in [-0.1, -0.05) is 89.9 Å². The summed E-state index contributed by atoms with van der Waals surface area (Å²) in [5.74, 6) is 0.830. The predicted octanol–water partition coefficient (Wildman–Crippen LogP) is 7.20. The van der Waals surface area contributed by atoms with Crippen LogP contribution >= 0.6 is 0 Å². The van der Waals surface area contributed by atoms with Gasteiger partial charge in [-0.05, 0) is 61.8 Å². The van der Waals surface area contributed by atoms with Crippen LogP contribution in [0.4, 0.5) is 0 Å². The number of benzene rings is 2. The van der Waals surface area contributed by atoms with Crippen molar-refractivity contribution < 1.29 is 4.79 Å². The van der Waals surface area contributed by atoms with Crippen molar-refractivity contribution in [2.75, 3.05) is 0 Å². The SMILES string of the molecule is CCC1C(CCC(=O)Cc2ccc(C)cc2)=CC=C1CC1=C(C)Cc2ccccc21. The lowest BCUT2D eigenvalue weighted by Crippen LogP contribution is -2.08. The Morgan fingerprint density at radius 3 is 2.47 bits per heavy atom. The minimum Gasteiger partial charge on any atom is -0.299 e. The number of ketones is 1. The van der Waals surface area contributed by atoms with E-state index < -0.39 is 0 Å². The van der Waals surface area contributed by atoms with Crippen LogP contribution in [-0.4, -0.2) is 5.78 Å². The molecule has 0 spiro atoms. The first-order chi connectivity index (χ1) is 14.5. The molecular weight excluding hydrogens is 364 g/mol. The highest BCUT2D eigenvalue weighted by Gasteiger charge is 2.26. The van der Waals surface area contributed by atoms with Gasteiger partial charge < -0.3 is 0 Å². The zero-order valence-corrected chi connectivity index (χ0v) is 18.5. The summed E-state index contributed by atoms with van der Waals surface area (Å²) in [7, 11) is 0. The van der Waals surface area contributed by atoms with E-state index in [1.807, 2.05) is 0 Å². The van der Waals surface area contributed by atoms with Gasteiger partial charge in [0.25, 0.3) is 0 Å². The van der Waals surface area contributed by atoms with E-state index in [0.717, 1.165) is 31.2 Å². The molecule has 0 aliphatic heterocycles. The molecule has 2 aromatic rings. The minimum atomic E-state index is 0.339. The lowest BCUT2D eigenvalue weighted by atomic mass is 9.85. The smallest absolute Gasteiger partial charge is 0.137 e. The lowest BCUT2D eigenvalue weighted by Gasteiger charge is -2.19. The Kier molecular flexibility index (Phi) is 6.18.